The van der Waals surface area contributed by atoms with E-state index in [0.717, 1.165) is 6.08 Å². The van der Waals surface area contributed by atoms with Gasteiger partial charge in [-0.1, -0.05) is 0 Å². The molecule has 0 unspecified atom stereocenters. The Labute approximate surface area is 59.0 Å². The van der Waals surface area contributed by atoms with Crippen molar-refractivity contribution in [2.45, 2.75) is 13.8 Å². The predicted molar refractivity (Wildman–Crippen MR) is 35.1 cm³/mol. The minimum absolute atomic E-state index is 0.0903. The third-order valence-corrected chi connectivity index (χ3v) is 0.847. The van der Waals surface area contributed by atoms with E-state index >= 15 is 0 Å². The SMILES string of the molecule is CC(=O)C=C(C#N)C(C)=O. The largest absolute Gasteiger partial charge is 0.295 e. The highest BCUT2D eigenvalue weighted by Crippen LogP contribution is 1.93. The zero-order valence-electron chi connectivity index (χ0n) is 5.84. The number of nitriles is 1. The van der Waals surface area contributed by atoms with Gasteiger partial charge in [-0.05, 0) is 13.8 Å². The average molecular weight is 137 g/mol. The number of hydrogen-bond acceptors (Lipinski definition) is 3. The second kappa shape index (κ2) is 3.57. The van der Waals surface area contributed by atoms with Gasteiger partial charge in [-0.25, -0.2) is 0 Å². The van der Waals surface area contributed by atoms with Crippen LogP contribution in [0.5, 0.6) is 0 Å². The minimum atomic E-state index is -0.377. The molecule has 0 heterocycles. The van der Waals surface area contributed by atoms with Gasteiger partial charge in [-0.2, -0.15) is 5.26 Å². The molecule has 0 amide bonds. The molecule has 0 aliphatic rings. The van der Waals surface area contributed by atoms with Crippen molar-refractivity contribution in [1.82, 2.24) is 0 Å². The van der Waals surface area contributed by atoms with Crippen molar-refractivity contribution in [2.75, 3.05) is 0 Å². The predicted octanol–water partition coefficient (Wildman–Crippen LogP) is 0.614. The first-order valence-electron chi connectivity index (χ1n) is 2.71. The van der Waals surface area contributed by atoms with Gasteiger partial charge in [0.2, 0.25) is 0 Å². The average Bonchev–Trinajstić information content (AvgIpc) is 1.81. The van der Waals surface area contributed by atoms with Crippen molar-refractivity contribution in [2.24, 2.45) is 0 Å². The summed E-state index contributed by atoms with van der Waals surface area (Å²) >= 11 is 0. The molecule has 3 nitrogen and oxygen atoms in total. The highest BCUT2D eigenvalue weighted by atomic mass is 16.1. The summed E-state index contributed by atoms with van der Waals surface area (Å²) in [7, 11) is 0. The zero-order chi connectivity index (χ0) is 8.15. The summed E-state index contributed by atoms with van der Waals surface area (Å²) in [5, 5.41) is 8.25. The molecule has 0 aliphatic carbocycles. The van der Waals surface area contributed by atoms with Gasteiger partial charge in [0.1, 0.15) is 6.07 Å². The Kier molecular flexibility index (Phi) is 3.06. The van der Waals surface area contributed by atoms with Crippen molar-refractivity contribution < 1.29 is 9.59 Å². The first kappa shape index (κ1) is 8.57. The van der Waals surface area contributed by atoms with Gasteiger partial charge in [0, 0.05) is 6.08 Å². The third-order valence-electron chi connectivity index (χ3n) is 0.847. The van der Waals surface area contributed by atoms with E-state index in [2.05, 4.69) is 0 Å². The molecule has 0 spiro atoms. The van der Waals surface area contributed by atoms with Crippen molar-refractivity contribution >= 4 is 11.6 Å². The summed E-state index contributed by atoms with van der Waals surface area (Å²) in [6, 6.07) is 1.62. The van der Waals surface area contributed by atoms with Crippen LogP contribution in [-0.2, 0) is 9.59 Å². The monoisotopic (exact) mass is 137 g/mol. The van der Waals surface area contributed by atoms with Crippen LogP contribution in [0.1, 0.15) is 13.8 Å². The van der Waals surface area contributed by atoms with Gasteiger partial charge < -0.3 is 0 Å². The maximum atomic E-state index is 10.5. The van der Waals surface area contributed by atoms with Crippen molar-refractivity contribution in [1.29, 1.82) is 5.26 Å². The van der Waals surface area contributed by atoms with Crippen molar-refractivity contribution in [3.63, 3.8) is 0 Å². The molecule has 0 aromatic heterocycles. The third kappa shape index (κ3) is 2.78. The van der Waals surface area contributed by atoms with Crippen LogP contribution < -0.4 is 0 Å². The molecule has 0 saturated carbocycles. The van der Waals surface area contributed by atoms with Gasteiger partial charge in [-0.3, -0.25) is 9.59 Å². The number of hydrogen-bond donors (Lipinski definition) is 0. The highest BCUT2D eigenvalue weighted by Gasteiger charge is 2.01. The Morgan fingerprint density at radius 2 is 1.90 bits per heavy atom. The molecule has 0 N–H and O–H groups in total. The van der Waals surface area contributed by atoms with Gasteiger partial charge in [0.25, 0.3) is 0 Å². The van der Waals surface area contributed by atoms with E-state index in [1.54, 1.807) is 6.07 Å². The van der Waals surface area contributed by atoms with Crippen LogP contribution in [0.15, 0.2) is 11.6 Å². The molecule has 0 rings (SSSR count). The molecule has 0 aromatic carbocycles. The summed E-state index contributed by atoms with van der Waals surface area (Å²) < 4.78 is 0. The standard InChI is InChI=1S/C7H7NO2/c1-5(9)3-7(4-8)6(2)10/h3H,1-2H3. The molecule has 0 aliphatic heterocycles. The Balaban J connectivity index is 4.55. The first-order valence-corrected chi connectivity index (χ1v) is 2.71. The van der Waals surface area contributed by atoms with Crippen LogP contribution in [0.3, 0.4) is 0 Å². The normalized spacial score (nSPS) is 10.3. The van der Waals surface area contributed by atoms with Gasteiger partial charge in [-0.15, -0.1) is 0 Å². The second-order valence-corrected chi connectivity index (χ2v) is 1.84. The number of Topliss-reactive ketones (excluding diaryl/α,β-unsaturated/α-hetero) is 1. The Morgan fingerprint density at radius 3 is 2.00 bits per heavy atom. The number of carbonyl (C=O) groups excluding carboxylic acids is 2. The van der Waals surface area contributed by atoms with E-state index in [9.17, 15) is 9.59 Å². The Hall–Kier alpha value is -1.43. The van der Waals surface area contributed by atoms with E-state index in [0.29, 0.717) is 0 Å². The van der Waals surface area contributed by atoms with E-state index in [1.165, 1.54) is 13.8 Å². The molecular formula is C7H7NO2. The Morgan fingerprint density at radius 1 is 1.40 bits per heavy atom. The van der Waals surface area contributed by atoms with Gasteiger partial charge in [0.15, 0.2) is 11.6 Å². The van der Waals surface area contributed by atoms with Crippen LogP contribution in [0, 0.1) is 11.3 Å². The molecule has 0 saturated heterocycles. The fraction of sp³-hybridized carbons (Fsp3) is 0.286. The lowest BCUT2D eigenvalue weighted by Gasteiger charge is -1.85. The maximum Gasteiger partial charge on any atom is 0.170 e. The summed E-state index contributed by atoms with van der Waals surface area (Å²) in [4.78, 5) is 20.8. The number of carbonyl (C=O) groups is 2. The van der Waals surface area contributed by atoms with Gasteiger partial charge in [0.05, 0.1) is 5.57 Å². The van der Waals surface area contributed by atoms with Crippen LogP contribution in [-0.4, -0.2) is 11.6 Å². The van der Waals surface area contributed by atoms with Crippen LogP contribution in [0.25, 0.3) is 0 Å². The van der Waals surface area contributed by atoms with Crippen LogP contribution >= 0.6 is 0 Å². The maximum absolute atomic E-state index is 10.5. The zero-order valence-corrected chi connectivity index (χ0v) is 5.84. The molecule has 3 heteroatoms. The number of nitrogens with zero attached hydrogens (tertiary/aromatic N) is 1. The first-order chi connectivity index (χ1) is 4.57. The van der Waals surface area contributed by atoms with Crippen LogP contribution in [0.2, 0.25) is 0 Å². The fourth-order valence-corrected chi connectivity index (χ4v) is 0.416. The molecule has 10 heavy (non-hydrogen) atoms. The second-order valence-electron chi connectivity index (χ2n) is 1.84. The molecule has 0 aromatic rings. The molecule has 0 bridgehead atoms. The lowest BCUT2D eigenvalue weighted by Crippen LogP contribution is -1.96. The lowest BCUT2D eigenvalue weighted by atomic mass is 10.2. The molecular weight excluding hydrogens is 130 g/mol. The van der Waals surface area contributed by atoms with Crippen LogP contribution in [0.4, 0.5) is 0 Å². The van der Waals surface area contributed by atoms with Crippen molar-refractivity contribution in [3.05, 3.63) is 11.6 Å². The minimum Gasteiger partial charge on any atom is -0.295 e. The quantitative estimate of drug-likeness (QED) is 0.414. The summed E-state index contributed by atoms with van der Waals surface area (Å²) in [6.07, 6.45) is 1.03. The summed E-state index contributed by atoms with van der Waals surface area (Å²) in [5.41, 5.74) is -0.0903. The summed E-state index contributed by atoms with van der Waals surface area (Å²) in [5.74, 6) is -0.663. The summed E-state index contributed by atoms with van der Waals surface area (Å²) in [6.45, 7) is 2.54. The fourth-order valence-electron chi connectivity index (χ4n) is 0.416. The molecule has 0 radical (unpaired) electrons. The number of ketones is 2. The molecule has 0 atom stereocenters. The van der Waals surface area contributed by atoms with Gasteiger partial charge >= 0.3 is 0 Å². The molecule has 0 fully saturated rings. The molecule has 52 valence electrons. The van der Waals surface area contributed by atoms with E-state index in [1.807, 2.05) is 0 Å². The van der Waals surface area contributed by atoms with E-state index in [-0.39, 0.29) is 17.1 Å². The number of rotatable bonds is 2. The van der Waals surface area contributed by atoms with E-state index < -0.39 is 0 Å². The number of allylic oxidation sites excluding steroid dienone is 2. The Bertz CT molecular complexity index is 232. The van der Waals surface area contributed by atoms with E-state index in [4.69, 9.17) is 5.26 Å². The highest BCUT2D eigenvalue weighted by molar-refractivity contribution is 6.03. The lowest BCUT2D eigenvalue weighted by molar-refractivity contribution is -0.115. The topological polar surface area (TPSA) is 57.9 Å². The van der Waals surface area contributed by atoms with Crippen molar-refractivity contribution in [3.8, 4) is 6.07 Å². The smallest absolute Gasteiger partial charge is 0.170 e.